The lowest BCUT2D eigenvalue weighted by molar-refractivity contribution is -0.140. The van der Waals surface area contributed by atoms with Crippen LogP contribution in [0.5, 0.6) is 0 Å². The van der Waals surface area contributed by atoms with Gasteiger partial charge in [-0.25, -0.2) is 14.6 Å². The van der Waals surface area contributed by atoms with Gasteiger partial charge in [-0.3, -0.25) is 9.69 Å². The second-order valence-corrected chi connectivity index (χ2v) is 11.5. The third kappa shape index (κ3) is 4.58. The number of fused-ring (bicyclic) bond motifs is 2. The molecule has 0 aromatic heterocycles. The number of rotatable bonds is 5. The van der Waals surface area contributed by atoms with Crippen LogP contribution in [-0.2, 0) is 29.5 Å². The Morgan fingerprint density at radius 2 is 1.58 bits per heavy atom. The number of carbonyl (C=O) groups excluding carboxylic acids is 3. The molecule has 1 spiro atoms. The van der Waals surface area contributed by atoms with E-state index < -0.39 is 29.1 Å². The monoisotopic (exact) mass is 538 g/mol. The van der Waals surface area contributed by atoms with E-state index in [0.29, 0.717) is 28.3 Å². The summed E-state index contributed by atoms with van der Waals surface area (Å²) >= 11 is 6.13. The molecule has 8 nitrogen and oxygen atoms in total. The predicted octanol–water partition coefficient (Wildman–Crippen LogP) is 5.44. The number of methoxy groups -OCH3 is 2. The molecule has 9 heteroatoms. The molecule has 2 aliphatic heterocycles. The summed E-state index contributed by atoms with van der Waals surface area (Å²) < 4.78 is 16.8. The largest absolute Gasteiger partial charge is 0.465 e. The number of carbonyl (C=O) groups is 3. The normalized spacial score (nSPS) is 20.2. The molecule has 0 bridgehead atoms. The maximum atomic E-state index is 13.9. The summed E-state index contributed by atoms with van der Waals surface area (Å²) in [5, 5.41) is 0.462. The van der Waals surface area contributed by atoms with Crippen molar-refractivity contribution < 1.29 is 28.6 Å². The van der Waals surface area contributed by atoms with Gasteiger partial charge in [0.1, 0.15) is 11.1 Å². The number of amides is 1. The molecule has 38 heavy (non-hydrogen) atoms. The SMILES string of the molecule is COC(=O)C1=C(C(=O)OC)C2(OC1=NC(C)(C)CC(C)(C)C)c1ccccc1C(=O)N2c1ccc(Cl)cc1. The molecule has 2 heterocycles. The van der Waals surface area contributed by atoms with Crippen molar-refractivity contribution in [1.82, 2.24) is 0 Å². The van der Waals surface area contributed by atoms with Gasteiger partial charge in [0.05, 0.1) is 19.8 Å². The van der Waals surface area contributed by atoms with Crippen molar-refractivity contribution in [1.29, 1.82) is 0 Å². The molecular weight excluding hydrogens is 508 g/mol. The van der Waals surface area contributed by atoms with E-state index in [0.717, 1.165) is 0 Å². The Bertz CT molecular complexity index is 1370. The molecule has 1 unspecified atom stereocenters. The van der Waals surface area contributed by atoms with Crippen LogP contribution in [0.15, 0.2) is 64.7 Å². The van der Waals surface area contributed by atoms with Gasteiger partial charge in [0, 0.05) is 21.8 Å². The first-order valence-corrected chi connectivity index (χ1v) is 12.5. The molecular formula is C29H31ClN2O6. The molecule has 2 aliphatic rings. The van der Waals surface area contributed by atoms with E-state index in [4.69, 9.17) is 30.8 Å². The number of anilines is 1. The van der Waals surface area contributed by atoms with Gasteiger partial charge >= 0.3 is 11.9 Å². The van der Waals surface area contributed by atoms with Crippen molar-refractivity contribution in [2.75, 3.05) is 19.1 Å². The average Bonchev–Trinajstić information content (AvgIpc) is 3.29. The molecule has 2 aromatic rings. The van der Waals surface area contributed by atoms with Crippen molar-refractivity contribution >= 4 is 41.0 Å². The summed E-state index contributed by atoms with van der Waals surface area (Å²) in [6.07, 6.45) is 0.637. The smallest absolute Gasteiger partial charge is 0.344 e. The molecule has 2 aromatic carbocycles. The van der Waals surface area contributed by atoms with Crippen LogP contribution in [0.2, 0.25) is 5.02 Å². The van der Waals surface area contributed by atoms with Gasteiger partial charge in [0.25, 0.3) is 11.6 Å². The fourth-order valence-electron chi connectivity index (χ4n) is 5.43. The van der Waals surface area contributed by atoms with Crippen LogP contribution in [0.25, 0.3) is 0 Å². The molecule has 0 N–H and O–H groups in total. The fourth-order valence-corrected chi connectivity index (χ4v) is 5.55. The number of aliphatic imine (C=N–C) groups is 1. The Kier molecular flexibility index (Phi) is 6.91. The number of esters is 2. The van der Waals surface area contributed by atoms with Crippen molar-refractivity contribution in [2.45, 2.75) is 52.3 Å². The molecule has 1 atom stereocenters. The summed E-state index contributed by atoms with van der Waals surface area (Å²) in [6, 6.07) is 13.3. The molecule has 0 aliphatic carbocycles. The highest BCUT2D eigenvalue weighted by atomic mass is 35.5. The lowest BCUT2D eigenvalue weighted by atomic mass is 9.82. The van der Waals surface area contributed by atoms with Crippen molar-refractivity contribution in [3.05, 3.63) is 75.8 Å². The van der Waals surface area contributed by atoms with E-state index in [2.05, 4.69) is 20.8 Å². The van der Waals surface area contributed by atoms with Gasteiger partial charge < -0.3 is 14.2 Å². The maximum absolute atomic E-state index is 13.9. The zero-order valence-electron chi connectivity index (χ0n) is 22.5. The number of benzene rings is 2. The van der Waals surface area contributed by atoms with Gasteiger partial charge in [-0.15, -0.1) is 0 Å². The van der Waals surface area contributed by atoms with E-state index in [9.17, 15) is 14.4 Å². The van der Waals surface area contributed by atoms with Crippen LogP contribution in [0.3, 0.4) is 0 Å². The van der Waals surface area contributed by atoms with Crippen molar-refractivity contribution in [3.8, 4) is 0 Å². The van der Waals surface area contributed by atoms with Crippen LogP contribution in [0.4, 0.5) is 5.69 Å². The van der Waals surface area contributed by atoms with E-state index in [1.165, 1.54) is 19.1 Å². The maximum Gasteiger partial charge on any atom is 0.344 e. The van der Waals surface area contributed by atoms with Gasteiger partial charge in [0.2, 0.25) is 5.90 Å². The van der Waals surface area contributed by atoms with Crippen LogP contribution in [0, 0.1) is 5.41 Å². The molecule has 0 radical (unpaired) electrons. The van der Waals surface area contributed by atoms with Crippen molar-refractivity contribution in [3.63, 3.8) is 0 Å². The minimum atomic E-state index is -1.87. The molecule has 1 amide bonds. The molecule has 0 saturated heterocycles. The van der Waals surface area contributed by atoms with E-state index in [1.54, 1.807) is 48.5 Å². The summed E-state index contributed by atoms with van der Waals surface area (Å²) in [5.74, 6) is -2.22. The highest BCUT2D eigenvalue weighted by molar-refractivity contribution is 6.30. The number of ether oxygens (including phenoxy) is 3. The summed E-state index contributed by atoms with van der Waals surface area (Å²) in [7, 11) is 2.41. The van der Waals surface area contributed by atoms with Crippen LogP contribution in [0.1, 0.15) is 57.0 Å². The minimum Gasteiger partial charge on any atom is -0.465 e. The Balaban J connectivity index is 2.09. The van der Waals surface area contributed by atoms with Gasteiger partial charge in [-0.1, -0.05) is 50.6 Å². The van der Waals surface area contributed by atoms with Crippen LogP contribution < -0.4 is 4.90 Å². The van der Waals surface area contributed by atoms with Crippen LogP contribution >= 0.6 is 11.6 Å². The molecule has 4 rings (SSSR count). The molecule has 0 fully saturated rings. The average molecular weight is 539 g/mol. The third-order valence-corrected chi connectivity index (χ3v) is 6.57. The van der Waals surface area contributed by atoms with E-state index in [1.807, 2.05) is 13.8 Å². The minimum absolute atomic E-state index is 0.102. The zero-order chi connectivity index (χ0) is 28.0. The second kappa shape index (κ2) is 9.58. The Morgan fingerprint density at radius 1 is 0.974 bits per heavy atom. The highest BCUT2D eigenvalue weighted by Gasteiger charge is 2.64. The van der Waals surface area contributed by atoms with Gasteiger partial charge in [0.15, 0.2) is 0 Å². The predicted molar refractivity (Wildman–Crippen MR) is 144 cm³/mol. The van der Waals surface area contributed by atoms with Gasteiger partial charge in [-0.2, -0.15) is 0 Å². The number of hydrogen-bond donors (Lipinski definition) is 0. The summed E-state index contributed by atoms with van der Waals surface area (Å²) in [5.41, 5.74) is -1.97. The van der Waals surface area contributed by atoms with Crippen LogP contribution in [-0.4, -0.2) is 43.5 Å². The van der Waals surface area contributed by atoms with E-state index in [-0.39, 0.29) is 22.5 Å². The standard InChI is InChI=1S/C29H31ClN2O6/c1-27(2,3)16-28(4,5)31-23-21(25(34)36-6)22(26(35)37-7)29(38-23)20-11-9-8-10-19(20)24(33)32(29)18-14-12-17(30)13-15-18/h8-15H,16H2,1-7H3. The number of hydrogen-bond acceptors (Lipinski definition) is 7. The van der Waals surface area contributed by atoms with Gasteiger partial charge in [-0.05, 0) is 56.0 Å². The van der Waals surface area contributed by atoms with Crippen molar-refractivity contribution in [2.24, 2.45) is 10.4 Å². The third-order valence-electron chi connectivity index (χ3n) is 6.32. The van der Waals surface area contributed by atoms with E-state index >= 15 is 0 Å². The quantitative estimate of drug-likeness (QED) is 0.470. The first-order valence-electron chi connectivity index (χ1n) is 12.2. The topological polar surface area (TPSA) is 94.5 Å². The lowest BCUT2D eigenvalue weighted by Gasteiger charge is -2.36. The summed E-state index contributed by atoms with van der Waals surface area (Å²) in [6.45, 7) is 10.1. The Morgan fingerprint density at radius 3 is 2.16 bits per heavy atom. The highest BCUT2D eigenvalue weighted by Crippen LogP contribution is 2.53. The Labute approximate surface area is 227 Å². The Hall–Kier alpha value is -3.65. The lowest BCUT2D eigenvalue weighted by Crippen LogP contribution is -2.48. The number of nitrogens with zero attached hydrogens (tertiary/aromatic N) is 2. The zero-order valence-corrected chi connectivity index (χ0v) is 23.3. The number of halogens is 1. The first-order chi connectivity index (χ1) is 17.8. The second-order valence-electron chi connectivity index (χ2n) is 11.1. The fraction of sp³-hybridized carbons (Fsp3) is 0.379. The first kappa shape index (κ1) is 27.4. The molecule has 200 valence electrons. The molecule has 0 saturated carbocycles. The summed E-state index contributed by atoms with van der Waals surface area (Å²) in [4.78, 5) is 46.9.